The number of aromatic hydroxyl groups is 1. The maximum atomic E-state index is 9.95. The Kier molecular flexibility index (Phi) is 2.98. The first kappa shape index (κ1) is 10.5. The van der Waals surface area contributed by atoms with Gasteiger partial charge in [-0.15, -0.1) is 11.3 Å². The minimum Gasteiger partial charge on any atom is -0.504 e. The monoisotopic (exact) mass is 284 g/mol. The van der Waals surface area contributed by atoms with Gasteiger partial charge in [0, 0.05) is 10.0 Å². The Morgan fingerprint density at radius 1 is 1.33 bits per heavy atom. The SMILES string of the molecule is COc1cccc(-c2sccc2Br)c1O. The molecule has 0 aliphatic carbocycles. The van der Waals surface area contributed by atoms with Crippen LogP contribution in [0.5, 0.6) is 11.5 Å². The van der Waals surface area contributed by atoms with E-state index in [2.05, 4.69) is 15.9 Å². The molecule has 2 aromatic rings. The molecule has 0 bridgehead atoms. The van der Waals surface area contributed by atoms with Gasteiger partial charge in [-0.1, -0.05) is 6.07 Å². The molecule has 4 heteroatoms. The molecule has 2 nitrogen and oxygen atoms in total. The maximum Gasteiger partial charge on any atom is 0.166 e. The number of benzene rings is 1. The fourth-order valence-corrected chi connectivity index (χ4v) is 2.97. The fourth-order valence-electron chi connectivity index (χ4n) is 1.36. The zero-order chi connectivity index (χ0) is 10.8. The van der Waals surface area contributed by atoms with Crippen LogP contribution in [0.1, 0.15) is 0 Å². The highest BCUT2D eigenvalue weighted by molar-refractivity contribution is 9.10. The largest absolute Gasteiger partial charge is 0.504 e. The Hall–Kier alpha value is -1.00. The molecule has 0 amide bonds. The highest BCUT2D eigenvalue weighted by atomic mass is 79.9. The quantitative estimate of drug-likeness (QED) is 0.907. The van der Waals surface area contributed by atoms with Gasteiger partial charge in [0.15, 0.2) is 11.5 Å². The van der Waals surface area contributed by atoms with Gasteiger partial charge in [-0.3, -0.25) is 0 Å². The molecule has 1 aromatic carbocycles. The van der Waals surface area contributed by atoms with Crippen molar-refractivity contribution in [3.05, 3.63) is 34.1 Å². The number of methoxy groups -OCH3 is 1. The van der Waals surface area contributed by atoms with Gasteiger partial charge in [-0.2, -0.15) is 0 Å². The number of hydrogen-bond donors (Lipinski definition) is 1. The summed E-state index contributed by atoms with van der Waals surface area (Å²) in [5.74, 6) is 0.677. The number of hydrogen-bond acceptors (Lipinski definition) is 3. The normalized spacial score (nSPS) is 10.3. The molecule has 15 heavy (non-hydrogen) atoms. The van der Waals surface area contributed by atoms with Crippen molar-refractivity contribution in [3.63, 3.8) is 0 Å². The molecule has 2 rings (SSSR count). The van der Waals surface area contributed by atoms with E-state index >= 15 is 0 Å². The summed E-state index contributed by atoms with van der Waals surface area (Å²) < 4.78 is 6.05. The van der Waals surface area contributed by atoms with Crippen molar-refractivity contribution in [1.82, 2.24) is 0 Å². The molecule has 0 saturated heterocycles. The third-order valence-electron chi connectivity index (χ3n) is 2.08. The number of para-hydroxylation sites is 1. The van der Waals surface area contributed by atoms with Crippen LogP contribution in [0.2, 0.25) is 0 Å². The van der Waals surface area contributed by atoms with Gasteiger partial charge in [-0.05, 0) is 39.5 Å². The van der Waals surface area contributed by atoms with Gasteiger partial charge >= 0.3 is 0 Å². The highest BCUT2D eigenvalue weighted by Gasteiger charge is 2.12. The Morgan fingerprint density at radius 3 is 2.73 bits per heavy atom. The molecule has 0 aliphatic rings. The first-order chi connectivity index (χ1) is 7.24. The van der Waals surface area contributed by atoms with Gasteiger partial charge in [0.25, 0.3) is 0 Å². The van der Waals surface area contributed by atoms with Crippen molar-refractivity contribution in [2.75, 3.05) is 7.11 Å². The lowest BCUT2D eigenvalue weighted by Crippen LogP contribution is -1.85. The molecule has 1 N–H and O–H groups in total. The first-order valence-corrected chi connectivity index (χ1v) is 6.00. The van der Waals surface area contributed by atoms with Crippen molar-refractivity contribution >= 4 is 27.3 Å². The fraction of sp³-hybridized carbons (Fsp3) is 0.0909. The van der Waals surface area contributed by atoms with Crippen LogP contribution in [0.4, 0.5) is 0 Å². The average molecular weight is 285 g/mol. The molecular weight excluding hydrogens is 276 g/mol. The summed E-state index contributed by atoms with van der Waals surface area (Å²) in [5, 5.41) is 11.9. The molecular formula is C11H9BrO2S. The van der Waals surface area contributed by atoms with Crippen LogP contribution in [-0.2, 0) is 0 Å². The molecule has 1 aromatic heterocycles. The number of ether oxygens (including phenoxy) is 1. The van der Waals surface area contributed by atoms with Crippen molar-refractivity contribution in [3.8, 4) is 21.9 Å². The van der Waals surface area contributed by atoms with Crippen LogP contribution in [0.25, 0.3) is 10.4 Å². The lowest BCUT2D eigenvalue weighted by Gasteiger charge is -2.07. The lowest BCUT2D eigenvalue weighted by atomic mass is 10.1. The molecule has 0 saturated carbocycles. The van der Waals surface area contributed by atoms with Gasteiger partial charge < -0.3 is 9.84 Å². The number of halogens is 1. The highest BCUT2D eigenvalue weighted by Crippen LogP contribution is 2.42. The second kappa shape index (κ2) is 4.24. The number of rotatable bonds is 2. The Morgan fingerprint density at radius 2 is 2.13 bits per heavy atom. The second-order valence-electron chi connectivity index (χ2n) is 2.95. The first-order valence-electron chi connectivity index (χ1n) is 4.33. The van der Waals surface area contributed by atoms with E-state index < -0.39 is 0 Å². The molecule has 0 unspecified atom stereocenters. The molecule has 0 radical (unpaired) electrons. The third kappa shape index (κ3) is 1.87. The molecule has 0 atom stereocenters. The van der Waals surface area contributed by atoms with Crippen LogP contribution in [0.3, 0.4) is 0 Å². The predicted molar refractivity (Wildman–Crippen MR) is 65.7 cm³/mol. The van der Waals surface area contributed by atoms with Crippen molar-refractivity contribution in [2.45, 2.75) is 0 Å². The third-order valence-corrected chi connectivity index (χ3v) is 3.95. The van der Waals surface area contributed by atoms with E-state index in [1.807, 2.05) is 23.6 Å². The summed E-state index contributed by atoms with van der Waals surface area (Å²) >= 11 is 5.02. The van der Waals surface area contributed by atoms with E-state index in [1.54, 1.807) is 24.5 Å². The second-order valence-corrected chi connectivity index (χ2v) is 4.72. The minimum absolute atomic E-state index is 0.183. The van der Waals surface area contributed by atoms with E-state index in [-0.39, 0.29) is 5.75 Å². The topological polar surface area (TPSA) is 29.5 Å². The van der Waals surface area contributed by atoms with E-state index in [9.17, 15) is 5.11 Å². The van der Waals surface area contributed by atoms with Crippen LogP contribution in [0.15, 0.2) is 34.1 Å². The average Bonchev–Trinajstić information content (AvgIpc) is 2.65. The van der Waals surface area contributed by atoms with Gasteiger partial charge in [0.2, 0.25) is 0 Å². The van der Waals surface area contributed by atoms with Crippen LogP contribution < -0.4 is 4.74 Å². The molecule has 1 heterocycles. The van der Waals surface area contributed by atoms with Gasteiger partial charge in [-0.25, -0.2) is 0 Å². The molecule has 0 aliphatic heterocycles. The minimum atomic E-state index is 0.183. The van der Waals surface area contributed by atoms with Gasteiger partial charge in [0.1, 0.15) is 0 Å². The molecule has 78 valence electrons. The lowest BCUT2D eigenvalue weighted by molar-refractivity contribution is 0.374. The van der Waals surface area contributed by atoms with E-state index in [0.29, 0.717) is 5.75 Å². The van der Waals surface area contributed by atoms with E-state index in [1.165, 1.54) is 0 Å². The molecule has 0 fully saturated rings. The summed E-state index contributed by atoms with van der Waals surface area (Å²) in [6.07, 6.45) is 0. The van der Waals surface area contributed by atoms with E-state index in [4.69, 9.17) is 4.74 Å². The van der Waals surface area contributed by atoms with Crippen LogP contribution in [0, 0.1) is 0 Å². The zero-order valence-electron chi connectivity index (χ0n) is 8.03. The van der Waals surface area contributed by atoms with Crippen molar-refractivity contribution in [1.29, 1.82) is 0 Å². The Balaban J connectivity index is 2.59. The van der Waals surface area contributed by atoms with Crippen LogP contribution in [-0.4, -0.2) is 12.2 Å². The Labute approximate surface area is 100 Å². The summed E-state index contributed by atoms with van der Waals surface area (Å²) in [6.45, 7) is 0. The van der Waals surface area contributed by atoms with Gasteiger partial charge in [0.05, 0.1) is 12.0 Å². The number of thiophene rings is 1. The molecule has 0 spiro atoms. The number of phenols is 1. The smallest absolute Gasteiger partial charge is 0.166 e. The zero-order valence-corrected chi connectivity index (χ0v) is 10.4. The Bertz CT molecular complexity index is 479. The van der Waals surface area contributed by atoms with E-state index in [0.717, 1.165) is 14.9 Å². The summed E-state index contributed by atoms with van der Waals surface area (Å²) in [4.78, 5) is 1.01. The standard InChI is InChI=1S/C11H9BrO2S/c1-14-9-4-2-3-7(10(9)13)11-8(12)5-6-15-11/h2-6,13H,1H3. The van der Waals surface area contributed by atoms with Crippen LogP contribution >= 0.6 is 27.3 Å². The van der Waals surface area contributed by atoms with Crippen molar-refractivity contribution < 1.29 is 9.84 Å². The summed E-state index contributed by atoms with van der Waals surface area (Å²) in [5.41, 5.74) is 0.788. The number of phenolic OH excluding ortho intramolecular Hbond substituents is 1. The predicted octanol–water partition coefficient (Wildman–Crippen LogP) is 3.89. The summed E-state index contributed by atoms with van der Waals surface area (Å²) in [7, 11) is 1.54. The summed E-state index contributed by atoms with van der Waals surface area (Å²) in [6, 6.07) is 7.42. The van der Waals surface area contributed by atoms with Crippen molar-refractivity contribution in [2.24, 2.45) is 0 Å². The maximum absolute atomic E-state index is 9.95.